The Morgan fingerprint density at radius 1 is 1.35 bits per heavy atom. The summed E-state index contributed by atoms with van der Waals surface area (Å²) in [5.41, 5.74) is 5.48. The Morgan fingerprint density at radius 3 is 2.60 bits per heavy atom. The van der Waals surface area contributed by atoms with Crippen LogP contribution in [-0.2, 0) is 16.6 Å². The molecular formula is C12H14BrN3O2S2. The number of pyridine rings is 1. The number of thiophene rings is 1. The molecule has 2 rings (SSSR count). The summed E-state index contributed by atoms with van der Waals surface area (Å²) in [6, 6.07) is 6.78. The Bertz CT molecular complexity index is 683. The van der Waals surface area contributed by atoms with Crippen molar-refractivity contribution in [2.24, 2.45) is 0 Å². The first kappa shape index (κ1) is 15.4. The first-order valence-corrected chi connectivity index (χ1v) is 8.94. The SMILES string of the molecule is CCN(Cc1ccc(Br)s1)S(=O)(=O)c1ccc(N)nc1. The molecule has 0 amide bonds. The topological polar surface area (TPSA) is 76.3 Å². The maximum Gasteiger partial charge on any atom is 0.244 e. The third kappa shape index (κ3) is 3.38. The Kier molecular flexibility index (Phi) is 4.79. The molecule has 0 spiro atoms. The standard InChI is InChI=1S/C12H14BrN3O2S2/c1-2-16(8-9-3-5-11(13)19-9)20(17,18)10-4-6-12(14)15-7-10/h3-7H,2,8H2,1H3,(H2,14,15). The molecule has 0 fully saturated rings. The van der Waals surface area contributed by atoms with E-state index in [9.17, 15) is 8.42 Å². The lowest BCUT2D eigenvalue weighted by atomic mass is 10.4. The molecule has 0 unspecified atom stereocenters. The van der Waals surface area contributed by atoms with Gasteiger partial charge >= 0.3 is 0 Å². The highest BCUT2D eigenvalue weighted by Crippen LogP contribution is 2.25. The summed E-state index contributed by atoms with van der Waals surface area (Å²) in [6.07, 6.45) is 1.29. The third-order valence-electron chi connectivity index (χ3n) is 2.71. The van der Waals surface area contributed by atoms with Crippen LogP contribution in [0.3, 0.4) is 0 Å². The fourth-order valence-electron chi connectivity index (χ4n) is 1.67. The minimum absolute atomic E-state index is 0.157. The van der Waals surface area contributed by atoms with Gasteiger partial charge in [-0.1, -0.05) is 6.92 Å². The molecule has 0 saturated heterocycles. The van der Waals surface area contributed by atoms with Gasteiger partial charge in [0.05, 0.1) is 3.79 Å². The molecule has 0 aliphatic rings. The number of hydrogen-bond acceptors (Lipinski definition) is 5. The van der Waals surface area contributed by atoms with Crippen molar-refractivity contribution < 1.29 is 8.42 Å². The van der Waals surface area contributed by atoms with Crippen LogP contribution in [0.1, 0.15) is 11.8 Å². The van der Waals surface area contributed by atoms with Gasteiger partial charge in [-0.2, -0.15) is 4.31 Å². The minimum Gasteiger partial charge on any atom is -0.384 e. The number of sulfonamides is 1. The predicted octanol–water partition coefficient (Wildman–Crippen LogP) is 2.70. The van der Waals surface area contributed by atoms with E-state index in [1.165, 1.54) is 34.0 Å². The highest BCUT2D eigenvalue weighted by atomic mass is 79.9. The van der Waals surface area contributed by atoms with Gasteiger partial charge < -0.3 is 5.73 Å². The number of hydrogen-bond donors (Lipinski definition) is 1. The molecule has 5 nitrogen and oxygen atoms in total. The monoisotopic (exact) mass is 375 g/mol. The lowest BCUT2D eigenvalue weighted by molar-refractivity contribution is 0.426. The van der Waals surface area contributed by atoms with Crippen molar-refractivity contribution in [3.05, 3.63) is 39.1 Å². The van der Waals surface area contributed by atoms with E-state index in [4.69, 9.17) is 5.73 Å². The molecule has 108 valence electrons. The number of nitrogen functional groups attached to an aromatic ring is 1. The van der Waals surface area contributed by atoms with E-state index in [-0.39, 0.29) is 4.90 Å². The Labute approximate surface area is 130 Å². The molecule has 0 saturated carbocycles. The van der Waals surface area contributed by atoms with Gasteiger partial charge in [-0.3, -0.25) is 0 Å². The van der Waals surface area contributed by atoms with Crippen LogP contribution >= 0.6 is 27.3 Å². The van der Waals surface area contributed by atoms with Crippen molar-refractivity contribution in [3.8, 4) is 0 Å². The van der Waals surface area contributed by atoms with Gasteiger partial charge in [0.2, 0.25) is 10.0 Å². The van der Waals surface area contributed by atoms with Crippen LogP contribution in [0.5, 0.6) is 0 Å². The van der Waals surface area contributed by atoms with Crippen LogP contribution in [0.25, 0.3) is 0 Å². The largest absolute Gasteiger partial charge is 0.384 e. The zero-order chi connectivity index (χ0) is 14.8. The molecule has 0 aliphatic carbocycles. The highest BCUT2D eigenvalue weighted by molar-refractivity contribution is 9.11. The molecule has 2 heterocycles. The second kappa shape index (κ2) is 6.21. The molecule has 0 radical (unpaired) electrons. The highest BCUT2D eigenvalue weighted by Gasteiger charge is 2.24. The summed E-state index contributed by atoms with van der Waals surface area (Å²) < 4.78 is 27.4. The fourth-order valence-corrected chi connectivity index (χ4v) is 4.62. The van der Waals surface area contributed by atoms with Gasteiger partial charge in [-0.15, -0.1) is 11.3 Å². The average Bonchev–Trinajstić information content (AvgIpc) is 2.82. The number of nitrogens with zero attached hydrogens (tertiary/aromatic N) is 2. The van der Waals surface area contributed by atoms with Crippen molar-refractivity contribution in [1.82, 2.24) is 9.29 Å². The summed E-state index contributed by atoms with van der Waals surface area (Å²) in [6.45, 7) is 2.55. The first-order valence-electron chi connectivity index (χ1n) is 5.89. The molecule has 2 aromatic rings. The Morgan fingerprint density at radius 2 is 2.10 bits per heavy atom. The number of anilines is 1. The second-order valence-electron chi connectivity index (χ2n) is 4.06. The molecule has 2 N–H and O–H groups in total. The molecule has 20 heavy (non-hydrogen) atoms. The van der Waals surface area contributed by atoms with Crippen LogP contribution in [0.15, 0.2) is 39.1 Å². The molecule has 0 atom stereocenters. The minimum atomic E-state index is -3.55. The number of rotatable bonds is 5. The Balaban J connectivity index is 2.27. The van der Waals surface area contributed by atoms with E-state index in [0.29, 0.717) is 18.9 Å². The average molecular weight is 376 g/mol. The first-order chi connectivity index (χ1) is 9.43. The van der Waals surface area contributed by atoms with Gasteiger partial charge in [0.15, 0.2) is 0 Å². The summed E-state index contributed by atoms with van der Waals surface area (Å²) >= 11 is 4.89. The van der Waals surface area contributed by atoms with E-state index in [1.807, 2.05) is 19.1 Å². The zero-order valence-electron chi connectivity index (χ0n) is 10.8. The van der Waals surface area contributed by atoms with E-state index >= 15 is 0 Å². The van der Waals surface area contributed by atoms with Crippen LogP contribution in [0, 0.1) is 0 Å². The molecule has 2 aromatic heterocycles. The van der Waals surface area contributed by atoms with Crippen LogP contribution in [0.4, 0.5) is 5.82 Å². The van der Waals surface area contributed by atoms with E-state index in [1.54, 1.807) is 0 Å². The normalized spacial score (nSPS) is 11.9. The lowest BCUT2D eigenvalue weighted by Gasteiger charge is -2.19. The maximum atomic E-state index is 12.5. The second-order valence-corrected chi connectivity index (χ2v) is 8.54. The van der Waals surface area contributed by atoms with Crippen molar-refractivity contribution in [2.45, 2.75) is 18.4 Å². The molecular weight excluding hydrogens is 362 g/mol. The summed E-state index contributed by atoms with van der Waals surface area (Å²) in [5.74, 6) is 0.300. The van der Waals surface area contributed by atoms with Gasteiger partial charge in [0.25, 0.3) is 0 Å². The van der Waals surface area contributed by atoms with Crippen molar-refractivity contribution in [3.63, 3.8) is 0 Å². The summed E-state index contributed by atoms with van der Waals surface area (Å²) in [5, 5.41) is 0. The van der Waals surface area contributed by atoms with Gasteiger partial charge in [-0.05, 0) is 40.2 Å². The van der Waals surface area contributed by atoms with Crippen molar-refractivity contribution >= 4 is 43.1 Å². The zero-order valence-corrected chi connectivity index (χ0v) is 14.0. The van der Waals surface area contributed by atoms with Gasteiger partial charge in [-0.25, -0.2) is 13.4 Å². The summed E-state index contributed by atoms with van der Waals surface area (Å²) in [4.78, 5) is 4.97. The van der Waals surface area contributed by atoms with Crippen LogP contribution < -0.4 is 5.73 Å². The van der Waals surface area contributed by atoms with E-state index in [2.05, 4.69) is 20.9 Å². The molecule has 8 heteroatoms. The van der Waals surface area contributed by atoms with Crippen molar-refractivity contribution in [2.75, 3.05) is 12.3 Å². The Hall–Kier alpha value is -0.960. The third-order valence-corrected chi connectivity index (χ3v) is 6.22. The van der Waals surface area contributed by atoms with E-state index < -0.39 is 10.0 Å². The van der Waals surface area contributed by atoms with Crippen LogP contribution in [0.2, 0.25) is 0 Å². The van der Waals surface area contributed by atoms with Gasteiger partial charge in [0, 0.05) is 24.2 Å². The van der Waals surface area contributed by atoms with Crippen molar-refractivity contribution in [1.29, 1.82) is 0 Å². The number of aromatic nitrogens is 1. The fraction of sp³-hybridized carbons (Fsp3) is 0.250. The predicted molar refractivity (Wildman–Crippen MR) is 83.9 cm³/mol. The number of halogens is 1. The summed E-state index contributed by atoms with van der Waals surface area (Å²) in [7, 11) is -3.55. The quantitative estimate of drug-likeness (QED) is 0.871. The number of nitrogens with two attached hydrogens (primary N) is 1. The van der Waals surface area contributed by atoms with Gasteiger partial charge in [0.1, 0.15) is 10.7 Å². The van der Waals surface area contributed by atoms with Crippen LogP contribution in [-0.4, -0.2) is 24.3 Å². The molecule has 0 bridgehead atoms. The maximum absolute atomic E-state index is 12.5. The molecule has 0 aromatic carbocycles. The molecule has 0 aliphatic heterocycles. The van der Waals surface area contributed by atoms with E-state index in [0.717, 1.165) is 8.66 Å². The smallest absolute Gasteiger partial charge is 0.244 e. The lowest BCUT2D eigenvalue weighted by Crippen LogP contribution is -2.30.